The molecule has 0 spiro atoms. The number of hydrogen-bond acceptors (Lipinski definition) is 3. The number of anilines is 1. The third-order valence-corrected chi connectivity index (χ3v) is 2.85. The Bertz CT molecular complexity index is 385. The number of aryl methyl sites for hydroxylation is 1. The third-order valence-electron chi connectivity index (χ3n) is 2.15. The summed E-state index contributed by atoms with van der Waals surface area (Å²) in [7, 11) is 0. The van der Waals surface area contributed by atoms with Crippen LogP contribution in [0.4, 0.5) is 5.69 Å². The second-order valence-electron chi connectivity index (χ2n) is 3.41. The summed E-state index contributed by atoms with van der Waals surface area (Å²) in [6, 6.07) is 5.76. The maximum absolute atomic E-state index is 11.2. The highest BCUT2D eigenvalue weighted by Crippen LogP contribution is 2.23. The molecule has 0 atom stereocenters. The molecular formula is C12H15BrClNO2. The summed E-state index contributed by atoms with van der Waals surface area (Å²) in [6.07, 6.45) is 0.928. The molecule has 0 radical (unpaired) electrons. The Kier molecular flexibility index (Phi) is 6.37. The van der Waals surface area contributed by atoms with E-state index in [-0.39, 0.29) is 12.5 Å². The van der Waals surface area contributed by atoms with Crippen LogP contribution in [0.1, 0.15) is 12.5 Å². The molecule has 0 aliphatic heterocycles. The molecule has 3 nitrogen and oxygen atoms in total. The molecule has 0 bridgehead atoms. The fourth-order valence-corrected chi connectivity index (χ4v) is 2.07. The lowest BCUT2D eigenvalue weighted by Gasteiger charge is -2.09. The van der Waals surface area contributed by atoms with Gasteiger partial charge in [-0.3, -0.25) is 4.79 Å². The summed E-state index contributed by atoms with van der Waals surface area (Å²) in [5.74, 6) is -0.284. The minimum atomic E-state index is -0.284. The van der Waals surface area contributed by atoms with Gasteiger partial charge in [0.25, 0.3) is 0 Å². The molecule has 0 aromatic heterocycles. The zero-order chi connectivity index (χ0) is 12.7. The average Bonchev–Trinajstić information content (AvgIpc) is 2.29. The first kappa shape index (κ1) is 14.3. The van der Waals surface area contributed by atoms with Crippen molar-refractivity contribution >= 4 is 39.2 Å². The van der Waals surface area contributed by atoms with Crippen molar-refractivity contribution in [3.63, 3.8) is 0 Å². The number of ether oxygens (including phenoxy) is 1. The molecule has 0 aliphatic rings. The van der Waals surface area contributed by atoms with Crippen molar-refractivity contribution in [1.82, 2.24) is 0 Å². The molecular weight excluding hydrogens is 305 g/mol. The smallest absolute Gasteiger partial charge is 0.325 e. The molecule has 17 heavy (non-hydrogen) atoms. The van der Waals surface area contributed by atoms with Gasteiger partial charge < -0.3 is 10.1 Å². The van der Waals surface area contributed by atoms with Crippen molar-refractivity contribution in [3.05, 3.63) is 28.8 Å². The highest BCUT2D eigenvalue weighted by Gasteiger charge is 2.05. The number of rotatable bonds is 6. The van der Waals surface area contributed by atoms with Gasteiger partial charge in [0.2, 0.25) is 0 Å². The number of nitrogens with one attached hydrogen (secondary N) is 1. The van der Waals surface area contributed by atoms with Gasteiger partial charge in [-0.25, -0.2) is 0 Å². The van der Waals surface area contributed by atoms with E-state index in [1.54, 1.807) is 6.92 Å². The molecule has 1 aromatic carbocycles. The lowest BCUT2D eigenvalue weighted by Crippen LogP contribution is -2.16. The molecule has 0 amide bonds. The van der Waals surface area contributed by atoms with Crippen molar-refractivity contribution in [2.75, 3.05) is 23.8 Å². The summed E-state index contributed by atoms with van der Waals surface area (Å²) in [6.45, 7) is 2.30. The van der Waals surface area contributed by atoms with Crippen LogP contribution in [0.3, 0.4) is 0 Å². The van der Waals surface area contributed by atoms with Crippen LogP contribution in [0, 0.1) is 0 Å². The molecule has 5 heteroatoms. The van der Waals surface area contributed by atoms with Gasteiger partial charge in [-0.05, 0) is 31.0 Å². The second-order valence-corrected chi connectivity index (χ2v) is 4.61. The molecule has 94 valence electrons. The first-order valence-electron chi connectivity index (χ1n) is 5.41. The lowest BCUT2D eigenvalue weighted by molar-refractivity contribution is -0.140. The highest BCUT2D eigenvalue weighted by atomic mass is 79.9. The molecule has 1 rings (SSSR count). The van der Waals surface area contributed by atoms with Gasteiger partial charge in [-0.15, -0.1) is 0 Å². The topological polar surface area (TPSA) is 38.3 Å². The molecule has 0 heterocycles. The predicted molar refractivity (Wildman–Crippen MR) is 74.1 cm³/mol. The largest absolute Gasteiger partial charge is 0.465 e. The van der Waals surface area contributed by atoms with Crippen LogP contribution < -0.4 is 5.32 Å². The van der Waals surface area contributed by atoms with Crippen molar-refractivity contribution in [3.8, 4) is 0 Å². The number of carbonyl (C=O) groups is 1. The van der Waals surface area contributed by atoms with Crippen molar-refractivity contribution < 1.29 is 9.53 Å². The quantitative estimate of drug-likeness (QED) is 0.646. The van der Waals surface area contributed by atoms with Crippen LogP contribution in [0.2, 0.25) is 5.02 Å². The maximum Gasteiger partial charge on any atom is 0.325 e. The Balaban J connectivity index is 2.57. The molecule has 0 saturated heterocycles. The number of alkyl halides is 1. The monoisotopic (exact) mass is 319 g/mol. The van der Waals surface area contributed by atoms with Crippen LogP contribution in [0.15, 0.2) is 18.2 Å². The van der Waals surface area contributed by atoms with E-state index in [9.17, 15) is 4.79 Å². The summed E-state index contributed by atoms with van der Waals surface area (Å²) < 4.78 is 4.82. The van der Waals surface area contributed by atoms with Gasteiger partial charge in [-0.2, -0.15) is 0 Å². The van der Waals surface area contributed by atoms with Crippen LogP contribution in [-0.4, -0.2) is 24.5 Å². The molecule has 0 unspecified atom stereocenters. The van der Waals surface area contributed by atoms with Gasteiger partial charge in [0.15, 0.2) is 0 Å². The molecule has 0 saturated carbocycles. The van der Waals surface area contributed by atoms with Crippen LogP contribution in [0.25, 0.3) is 0 Å². The van der Waals surface area contributed by atoms with Gasteiger partial charge in [0, 0.05) is 5.33 Å². The van der Waals surface area contributed by atoms with E-state index in [0.29, 0.717) is 11.6 Å². The fraction of sp³-hybridized carbons (Fsp3) is 0.417. The zero-order valence-electron chi connectivity index (χ0n) is 9.63. The number of carbonyl (C=O) groups excluding carboxylic acids is 1. The van der Waals surface area contributed by atoms with E-state index in [4.69, 9.17) is 16.3 Å². The van der Waals surface area contributed by atoms with Crippen molar-refractivity contribution in [2.45, 2.75) is 13.3 Å². The van der Waals surface area contributed by atoms with E-state index in [1.807, 2.05) is 18.2 Å². The van der Waals surface area contributed by atoms with Gasteiger partial charge in [0.1, 0.15) is 6.54 Å². The predicted octanol–water partition coefficient (Wildman–Crippen LogP) is 3.25. The number of benzene rings is 1. The first-order chi connectivity index (χ1) is 8.17. The van der Waals surface area contributed by atoms with E-state index < -0.39 is 0 Å². The van der Waals surface area contributed by atoms with Gasteiger partial charge in [-0.1, -0.05) is 33.6 Å². The van der Waals surface area contributed by atoms with Crippen LogP contribution >= 0.6 is 27.5 Å². The van der Waals surface area contributed by atoms with Gasteiger partial charge in [0.05, 0.1) is 17.3 Å². The Morgan fingerprint density at radius 3 is 2.88 bits per heavy atom. The Morgan fingerprint density at radius 1 is 1.53 bits per heavy atom. The summed E-state index contributed by atoms with van der Waals surface area (Å²) >= 11 is 9.47. The zero-order valence-corrected chi connectivity index (χ0v) is 12.0. The van der Waals surface area contributed by atoms with Crippen molar-refractivity contribution in [1.29, 1.82) is 0 Å². The first-order valence-corrected chi connectivity index (χ1v) is 6.91. The maximum atomic E-state index is 11.2. The van der Waals surface area contributed by atoms with E-state index in [2.05, 4.69) is 21.2 Å². The summed E-state index contributed by atoms with van der Waals surface area (Å²) in [5.41, 5.74) is 1.91. The second kappa shape index (κ2) is 7.56. The Labute approximate surface area is 115 Å². The lowest BCUT2D eigenvalue weighted by atomic mass is 10.1. The minimum absolute atomic E-state index is 0.130. The van der Waals surface area contributed by atoms with Gasteiger partial charge >= 0.3 is 5.97 Å². The van der Waals surface area contributed by atoms with E-state index in [1.165, 1.54) is 0 Å². The third kappa shape index (κ3) is 4.96. The molecule has 1 N–H and O–H groups in total. The summed E-state index contributed by atoms with van der Waals surface area (Å²) in [5, 5.41) is 4.47. The Hall–Kier alpha value is -0.740. The minimum Gasteiger partial charge on any atom is -0.465 e. The number of halogens is 2. The van der Waals surface area contributed by atoms with Crippen LogP contribution in [0.5, 0.6) is 0 Å². The Morgan fingerprint density at radius 2 is 2.29 bits per heavy atom. The molecule has 1 aromatic rings. The SMILES string of the molecule is CCOC(=O)CNc1ccc(CCBr)cc1Cl. The van der Waals surface area contributed by atoms with Crippen molar-refractivity contribution in [2.24, 2.45) is 0 Å². The van der Waals surface area contributed by atoms with Crippen LogP contribution in [-0.2, 0) is 16.0 Å². The molecule has 0 fully saturated rings. The standard InChI is InChI=1S/C12H15BrClNO2/c1-2-17-12(16)8-15-11-4-3-9(5-6-13)7-10(11)14/h3-4,7,15H,2,5-6,8H2,1H3. The average molecular weight is 321 g/mol. The normalized spacial score (nSPS) is 10.1. The number of hydrogen-bond donors (Lipinski definition) is 1. The fourth-order valence-electron chi connectivity index (χ4n) is 1.35. The summed E-state index contributed by atoms with van der Waals surface area (Å²) in [4.78, 5) is 11.2. The number of esters is 1. The molecule has 0 aliphatic carbocycles. The van der Waals surface area contributed by atoms with E-state index in [0.717, 1.165) is 23.0 Å². The highest BCUT2D eigenvalue weighted by molar-refractivity contribution is 9.09. The van der Waals surface area contributed by atoms with E-state index >= 15 is 0 Å².